The molecule has 1 aliphatic heterocycles. The van der Waals surface area contributed by atoms with Crippen molar-refractivity contribution in [2.75, 3.05) is 17.2 Å². The first kappa shape index (κ1) is 19.8. The highest BCUT2D eigenvalue weighted by atomic mass is 16.3. The molecule has 1 saturated heterocycles. The number of hydrogen-bond acceptors (Lipinski definition) is 7. The van der Waals surface area contributed by atoms with Crippen molar-refractivity contribution in [1.29, 1.82) is 0 Å². The number of aromatic nitrogens is 4. The molecule has 2 aromatic heterocycles. The average Bonchev–Trinajstić information content (AvgIpc) is 3.29. The third kappa shape index (κ3) is 4.25. The standard InChI is InChI=1S/C21H25N7O2/c1-3-13(2)11-22-20-26-18-15(9-14-10-17(29)25-19(14)30)12-23-28(18)21(27-20)24-16-7-5-4-6-8-16/h4-9,12-13,19,30H,3,10-11H2,1-2H3,(H,25,29)(H2,22,24,26,27). The van der Waals surface area contributed by atoms with Crippen LogP contribution in [0.4, 0.5) is 17.6 Å². The molecule has 4 rings (SSSR count). The van der Waals surface area contributed by atoms with Gasteiger partial charge in [0.15, 0.2) is 5.65 Å². The van der Waals surface area contributed by atoms with Crippen LogP contribution in [0.2, 0.25) is 0 Å². The van der Waals surface area contributed by atoms with Crippen molar-refractivity contribution in [1.82, 2.24) is 24.9 Å². The third-order valence-corrected chi connectivity index (χ3v) is 5.09. The summed E-state index contributed by atoms with van der Waals surface area (Å²) in [5, 5.41) is 23.5. The molecule has 9 nitrogen and oxygen atoms in total. The summed E-state index contributed by atoms with van der Waals surface area (Å²) < 4.78 is 1.62. The highest BCUT2D eigenvalue weighted by molar-refractivity contribution is 5.85. The Bertz CT molecular complexity index is 1080. The molecule has 0 saturated carbocycles. The molecule has 1 aliphatic rings. The van der Waals surface area contributed by atoms with E-state index in [1.807, 2.05) is 30.3 Å². The lowest BCUT2D eigenvalue weighted by Gasteiger charge is -2.13. The van der Waals surface area contributed by atoms with Gasteiger partial charge in [-0.2, -0.15) is 19.6 Å². The van der Waals surface area contributed by atoms with E-state index in [0.29, 0.717) is 34.6 Å². The number of para-hydroxylation sites is 1. The lowest BCUT2D eigenvalue weighted by atomic mass is 10.1. The summed E-state index contributed by atoms with van der Waals surface area (Å²) >= 11 is 0. The Morgan fingerprint density at radius 1 is 1.33 bits per heavy atom. The number of aliphatic hydroxyl groups excluding tert-OH is 1. The van der Waals surface area contributed by atoms with Crippen LogP contribution < -0.4 is 16.0 Å². The number of benzene rings is 1. The van der Waals surface area contributed by atoms with Gasteiger partial charge in [-0.15, -0.1) is 0 Å². The number of nitrogens with zero attached hydrogens (tertiary/aromatic N) is 4. The van der Waals surface area contributed by atoms with Gasteiger partial charge in [-0.25, -0.2) is 0 Å². The molecule has 0 radical (unpaired) electrons. The number of rotatable bonds is 7. The maximum Gasteiger partial charge on any atom is 0.233 e. The minimum atomic E-state index is -0.987. The maximum atomic E-state index is 11.6. The van der Waals surface area contributed by atoms with Crippen LogP contribution in [0.5, 0.6) is 0 Å². The monoisotopic (exact) mass is 407 g/mol. The van der Waals surface area contributed by atoms with Crippen LogP contribution in [0.25, 0.3) is 11.7 Å². The Hall–Kier alpha value is -3.46. The van der Waals surface area contributed by atoms with Gasteiger partial charge in [-0.3, -0.25) is 4.79 Å². The molecule has 1 fully saturated rings. The predicted molar refractivity (Wildman–Crippen MR) is 115 cm³/mol. The lowest BCUT2D eigenvalue weighted by Crippen LogP contribution is -2.25. The van der Waals surface area contributed by atoms with E-state index in [1.54, 1.807) is 16.8 Å². The largest absolute Gasteiger partial charge is 0.370 e. The first-order chi connectivity index (χ1) is 14.5. The zero-order valence-corrected chi connectivity index (χ0v) is 17.0. The van der Waals surface area contributed by atoms with Gasteiger partial charge in [-0.1, -0.05) is 38.5 Å². The van der Waals surface area contributed by atoms with E-state index in [0.717, 1.165) is 18.7 Å². The van der Waals surface area contributed by atoms with Crippen LogP contribution in [-0.4, -0.2) is 43.4 Å². The van der Waals surface area contributed by atoms with Gasteiger partial charge in [0.25, 0.3) is 0 Å². The van der Waals surface area contributed by atoms with Crippen LogP contribution in [0.3, 0.4) is 0 Å². The molecule has 9 heteroatoms. The number of hydrogen-bond donors (Lipinski definition) is 4. The summed E-state index contributed by atoms with van der Waals surface area (Å²) in [5.41, 5.74) is 2.74. The van der Waals surface area contributed by atoms with Gasteiger partial charge in [0, 0.05) is 17.8 Å². The van der Waals surface area contributed by atoms with Gasteiger partial charge in [0.05, 0.1) is 12.6 Å². The third-order valence-electron chi connectivity index (χ3n) is 5.09. The number of aliphatic hydroxyl groups is 1. The van der Waals surface area contributed by atoms with Crippen LogP contribution in [0, 0.1) is 5.92 Å². The Kier molecular flexibility index (Phi) is 5.62. The molecule has 2 atom stereocenters. The van der Waals surface area contributed by atoms with E-state index in [4.69, 9.17) is 0 Å². The smallest absolute Gasteiger partial charge is 0.233 e. The molecule has 0 aliphatic carbocycles. The fourth-order valence-electron chi connectivity index (χ4n) is 3.12. The van der Waals surface area contributed by atoms with E-state index in [2.05, 4.69) is 44.9 Å². The molecule has 1 aromatic carbocycles. The average molecular weight is 407 g/mol. The van der Waals surface area contributed by atoms with Crippen molar-refractivity contribution in [3.05, 3.63) is 47.7 Å². The van der Waals surface area contributed by atoms with Crippen molar-refractivity contribution in [3.8, 4) is 0 Å². The van der Waals surface area contributed by atoms with Gasteiger partial charge in [-0.05, 0) is 29.7 Å². The van der Waals surface area contributed by atoms with Crippen LogP contribution in [0.1, 0.15) is 32.3 Å². The topological polar surface area (TPSA) is 116 Å². The lowest BCUT2D eigenvalue weighted by molar-refractivity contribution is -0.120. The highest BCUT2D eigenvalue weighted by Gasteiger charge is 2.25. The van der Waals surface area contributed by atoms with Crippen molar-refractivity contribution in [3.63, 3.8) is 0 Å². The molecule has 2 unspecified atom stereocenters. The Morgan fingerprint density at radius 2 is 2.13 bits per heavy atom. The van der Waals surface area contributed by atoms with E-state index >= 15 is 0 Å². The second-order valence-electron chi connectivity index (χ2n) is 7.46. The second kappa shape index (κ2) is 8.50. The summed E-state index contributed by atoms with van der Waals surface area (Å²) in [5.74, 6) is 1.28. The first-order valence-electron chi connectivity index (χ1n) is 10.0. The molecule has 3 aromatic rings. The molecule has 0 bridgehead atoms. The molecular weight excluding hydrogens is 382 g/mol. The number of anilines is 3. The molecule has 3 heterocycles. The van der Waals surface area contributed by atoms with Crippen LogP contribution >= 0.6 is 0 Å². The SMILES string of the molecule is CCC(C)CNc1nc(Nc2ccccc2)n2ncc(C=C3CC(=O)NC3O)c2n1. The molecular formula is C21H25N7O2. The Balaban J connectivity index is 1.74. The fourth-order valence-corrected chi connectivity index (χ4v) is 3.12. The Labute approximate surface area is 174 Å². The molecule has 4 N–H and O–H groups in total. The Morgan fingerprint density at radius 3 is 2.83 bits per heavy atom. The predicted octanol–water partition coefficient (Wildman–Crippen LogP) is 2.55. The van der Waals surface area contributed by atoms with E-state index in [9.17, 15) is 9.90 Å². The van der Waals surface area contributed by atoms with E-state index in [-0.39, 0.29) is 12.3 Å². The minimum absolute atomic E-state index is 0.151. The zero-order valence-electron chi connectivity index (χ0n) is 17.0. The maximum absolute atomic E-state index is 11.6. The molecule has 1 amide bonds. The second-order valence-corrected chi connectivity index (χ2v) is 7.46. The van der Waals surface area contributed by atoms with Gasteiger partial charge >= 0.3 is 0 Å². The van der Waals surface area contributed by atoms with Gasteiger partial charge < -0.3 is 21.1 Å². The highest BCUT2D eigenvalue weighted by Crippen LogP contribution is 2.23. The normalized spacial score (nSPS) is 18.6. The summed E-state index contributed by atoms with van der Waals surface area (Å²) in [7, 11) is 0. The van der Waals surface area contributed by atoms with Crippen molar-refractivity contribution < 1.29 is 9.90 Å². The van der Waals surface area contributed by atoms with Crippen molar-refractivity contribution in [2.24, 2.45) is 5.92 Å². The first-order valence-corrected chi connectivity index (χ1v) is 10.0. The number of fused-ring (bicyclic) bond motifs is 1. The fraction of sp³-hybridized carbons (Fsp3) is 0.333. The number of nitrogens with one attached hydrogen (secondary N) is 3. The summed E-state index contributed by atoms with van der Waals surface area (Å²) in [4.78, 5) is 20.8. The van der Waals surface area contributed by atoms with Crippen molar-refractivity contribution in [2.45, 2.75) is 32.9 Å². The van der Waals surface area contributed by atoms with Crippen LogP contribution in [-0.2, 0) is 4.79 Å². The minimum Gasteiger partial charge on any atom is -0.370 e. The van der Waals surface area contributed by atoms with E-state index in [1.165, 1.54) is 0 Å². The summed E-state index contributed by atoms with van der Waals surface area (Å²) in [6.45, 7) is 5.05. The quantitative estimate of drug-likeness (QED) is 0.476. The van der Waals surface area contributed by atoms with Gasteiger partial charge in [0.1, 0.15) is 6.23 Å². The van der Waals surface area contributed by atoms with Gasteiger partial charge in [0.2, 0.25) is 17.8 Å². The van der Waals surface area contributed by atoms with E-state index < -0.39 is 6.23 Å². The zero-order chi connectivity index (χ0) is 21.1. The number of carbonyl (C=O) groups is 1. The molecule has 30 heavy (non-hydrogen) atoms. The molecule has 156 valence electrons. The summed E-state index contributed by atoms with van der Waals surface area (Å²) in [6.07, 6.45) is 3.62. The number of carbonyl (C=O) groups excluding carboxylic acids is 1. The van der Waals surface area contributed by atoms with Crippen molar-refractivity contribution >= 4 is 35.2 Å². The number of amides is 1. The summed E-state index contributed by atoms with van der Waals surface area (Å²) in [6, 6.07) is 9.71. The van der Waals surface area contributed by atoms with Crippen LogP contribution in [0.15, 0.2) is 42.1 Å². The molecule has 0 spiro atoms.